The van der Waals surface area contributed by atoms with Crippen molar-refractivity contribution < 1.29 is 18.6 Å². The van der Waals surface area contributed by atoms with E-state index in [2.05, 4.69) is 34.1 Å². The third-order valence-corrected chi connectivity index (χ3v) is 8.54. The molecule has 6 heteroatoms. The molecule has 4 aliphatic heterocycles. The highest BCUT2D eigenvalue weighted by Gasteiger charge is 2.57. The monoisotopic (exact) mass is 530 g/mol. The molecule has 200 valence electrons. The highest BCUT2D eigenvalue weighted by Crippen LogP contribution is 2.37. The lowest BCUT2D eigenvalue weighted by atomic mass is 10.0. The standard InChI is InChI=1S/C34H34N4O2/c39-33(29-7-3-1-4-8-29)31-15-11-27(12-16-31)19-37-22-35-21-36(23-37)25-38(24-35,26-37)20-28-13-17-32(18-14-28)34(40)30-9-5-2-6-10-30/h1-18H,19-26H2/q+2. The van der Waals surface area contributed by atoms with E-state index >= 15 is 0 Å². The van der Waals surface area contributed by atoms with Crippen LogP contribution < -0.4 is 0 Å². The molecule has 4 aromatic carbocycles. The zero-order valence-corrected chi connectivity index (χ0v) is 22.7. The molecule has 4 heterocycles. The summed E-state index contributed by atoms with van der Waals surface area (Å²) in [7, 11) is 0. The maximum atomic E-state index is 12.9. The Morgan fingerprint density at radius 1 is 0.500 bits per heavy atom. The Hall–Kier alpha value is -3.94. The predicted octanol–water partition coefficient (Wildman–Crippen LogP) is 4.87. The van der Waals surface area contributed by atoms with Crippen LogP contribution in [0.25, 0.3) is 0 Å². The highest BCUT2D eigenvalue weighted by atomic mass is 16.1. The van der Waals surface area contributed by atoms with Crippen molar-refractivity contribution >= 4 is 11.6 Å². The number of carbonyl (C=O) groups excluding carboxylic acids is 2. The van der Waals surface area contributed by atoms with Gasteiger partial charge in [-0.2, -0.15) is 9.80 Å². The summed E-state index contributed by atoms with van der Waals surface area (Å²) in [6, 6.07) is 35.5. The van der Waals surface area contributed by atoms with Crippen molar-refractivity contribution in [3.05, 3.63) is 143 Å². The van der Waals surface area contributed by atoms with Gasteiger partial charge in [0.25, 0.3) is 0 Å². The van der Waals surface area contributed by atoms with Crippen molar-refractivity contribution in [1.82, 2.24) is 9.80 Å². The Bertz CT molecular complexity index is 1410. The average molecular weight is 531 g/mol. The maximum absolute atomic E-state index is 12.9. The van der Waals surface area contributed by atoms with Crippen LogP contribution in [0, 0.1) is 0 Å². The number of ketones is 2. The molecule has 0 N–H and O–H groups in total. The van der Waals surface area contributed by atoms with Gasteiger partial charge >= 0.3 is 0 Å². The molecule has 0 aliphatic carbocycles. The predicted molar refractivity (Wildman–Crippen MR) is 153 cm³/mol. The third kappa shape index (κ3) is 4.80. The van der Waals surface area contributed by atoms with Crippen LogP contribution in [0.4, 0.5) is 0 Å². The van der Waals surface area contributed by atoms with Crippen LogP contribution in [0.1, 0.15) is 43.0 Å². The molecule has 8 rings (SSSR count). The van der Waals surface area contributed by atoms with Crippen LogP contribution in [0.15, 0.2) is 109 Å². The molecule has 0 radical (unpaired) electrons. The Kier molecular flexibility index (Phi) is 6.21. The fourth-order valence-electron chi connectivity index (χ4n) is 7.26. The van der Waals surface area contributed by atoms with Gasteiger partial charge in [0.2, 0.25) is 6.67 Å². The first-order valence-corrected chi connectivity index (χ1v) is 14.0. The fourth-order valence-corrected chi connectivity index (χ4v) is 7.26. The summed E-state index contributed by atoms with van der Waals surface area (Å²) >= 11 is 0. The SMILES string of the molecule is O=C(c1ccccc1)c1ccc(C[N+]23CN4CN(C2)C[N+](Cc2ccc(C(=O)c5ccccc5)cc2)(C4)C3)cc1. The van der Waals surface area contributed by atoms with Gasteiger partial charge in [-0.1, -0.05) is 109 Å². The van der Waals surface area contributed by atoms with Crippen molar-refractivity contribution in [2.45, 2.75) is 13.1 Å². The summed E-state index contributed by atoms with van der Waals surface area (Å²) in [5, 5.41) is 0. The lowest BCUT2D eigenvalue weighted by Gasteiger charge is -2.63. The quantitative estimate of drug-likeness (QED) is 0.241. The van der Waals surface area contributed by atoms with Gasteiger partial charge in [-0.25, -0.2) is 8.97 Å². The topological polar surface area (TPSA) is 40.6 Å². The minimum absolute atomic E-state index is 0.0702. The molecule has 0 amide bonds. The average Bonchev–Trinajstić information content (AvgIpc) is 2.97. The Balaban J connectivity index is 1.07. The van der Waals surface area contributed by atoms with Gasteiger partial charge in [0.1, 0.15) is 39.8 Å². The zero-order chi connectivity index (χ0) is 27.2. The second kappa shape index (κ2) is 9.91. The molecule has 40 heavy (non-hydrogen) atoms. The summed E-state index contributed by atoms with van der Waals surface area (Å²) in [5.74, 6) is 0.140. The van der Waals surface area contributed by atoms with Crippen LogP contribution >= 0.6 is 0 Å². The number of nitrogens with zero attached hydrogens (tertiary/aromatic N) is 4. The van der Waals surface area contributed by atoms with Gasteiger partial charge in [-0.15, -0.1) is 0 Å². The maximum Gasteiger partial charge on any atom is 0.212 e. The van der Waals surface area contributed by atoms with Crippen LogP contribution in [0.2, 0.25) is 0 Å². The number of carbonyl (C=O) groups is 2. The number of rotatable bonds is 8. The molecule has 6 nitrogen and oxygen atoms in total. The number of hydrogen-bond donors (Lipinski definition) is 0. The van der Waals surface area contributed by atoms with E-state index in [9.17, 15) is 9.59 Å². The number of hydrogen-bond acceptors (Lipinski definition) is 4. The van der Waals surface area contributed by atoms with E-state index < -0.39 is 0 Å². The lowest BCUT2D eigenvalue weighted by Crippen LogP contribution is -2.84. The summed E-state index contributed by atoms with van der Waals surface area (Å²) in [5.41, 5.74) is 5.48. The van der Waals surface area contributed by atoms with E-state index in [-0.39, 0.29) is 11.6 Å². The normalized spacial score (nSPS) is 26.5. The highest BCUT2D eigenvalue weighted by molar-refractivity contribution is 6.09. The van der Waals surface area contributed by atoms with Gasteiger partial charge in [0.15, 0.2) is 11.6 Å². The van der Waals surface area contributed by atoms with Crippen molar-refractivity contribution in [3.8, 4) is 0 Å². The van der Waals surface area contributed by atoms with E-state index in [1.807, 2.05) is 84.9 Å². The molecule has 0 saturated carbocycles. The van der Waals surface area contributed by atoms with E-state index in [1.54, 1.807) is 0 Å². The van der Waals surface area contributed by atoms with Crippen LogP contribution in [-0.4, -0.2) is 70.3 Å². The first kappa shape index (κ1) is 25.1. The summed E-state index contributed by atoms with van der Waals surface area (Å²) in [4.78, 5) is 30.9. The van der Waals surface area contributed by atoms with Crippen molar-refractivity contribution in [2.75, 3.05) is 40.0 Å². The Morgan fingerprint density at radius 2 is 0.850 bits per heavy atom. The minimum atomic E-state index is 0.0702. The molecule has 4 aliphatic rings. The van der Waals surface area contributed by atoms with E-state index in [4.69, 9.17) is 0 Å². The minimum Gasteiger partial charge on any atom is -0.289 e. The van der Waals surface area contributed by atoms with Crippen molar-refractivity contribution in [1.29, 1.82) is 0 Å². The molecule has 4 aromatic rings. The Labute approximate surface area is 235 Å². The molecular formula is C34H34N4O2+2. The van der Waals surface area contributed by atoms with E-state index in [1.165, 1.54) is 11.1 Å². The van der Waals surface area contributed by atoms with Crippen LogP contribution in [-0.2, 0) is 13.1 Å². The van der Waals surface area contributed by atoms with Gasteiger partial charge in [0, 0.05) is 33.4 Å². The molecule has 0 unspecified atom stereocenters. The number of benzene rings is 4. The summed E-state index contributed by atoms with van der Waals surface area (Å²) in [6.45, 7) is 8.28. The van der Waals surface area contributed by atoms with Gasteiger partial charge in [-0.3, -0.25) is 9.59 Å². The molecule has 4 fully saturated rings. The molecular weight excluding hydrogens is 496 g/mol. The summed E-state index contributed by atoms with van der Waals surface area (Å²) < 4.78 is 2.02. The second-order valence-electron chi connectivity index (χ2n) is 12.0. The molecule has 0 spiro atoms. The fraction of sp³-hybridized carbons (Fsp3) is 0.235. The molecule has 0 atom stereocenters. The second-order valence-corrected chi connectivity index (χ2v) is 12.0. The third-order valence-electron chi connectivity index (χ3n) is 8.54. The first-order chi connectivity index (χ1) is 19.5. The Morgan fingerprint density at radius 3 is 1.23 bits per heavy atom. The largest absolute Gasteiger partial charge is 0.289 e. The van der Waals surface area contributed by atoms with E-state index in [0.717, 1.165) is 84.3 Å². The number of quaternary nitrogens is 2. The van der Waals surface area contributed by atoms with Crippen molar-refractivity contribution in [3.63, 3.8) is 0 Å². The van der Waals surface area contributed by atoms with Gasteiger partial charge in [0.05, 0.1) is 6.67 Å². The zero-order valence-electron chi connectivity index (χ0n) is 22.7. The first-order valence-electron chi connectivity index (χ1n) is 14.0. The smallest absolute Gasteiger partial charge is 0.212 e. The van der Waals surface area contributed by atoms with Crippen LogP contribution in [0.3, 0.4) is 0 Å². The van der Waals surface area contributed by atoms with Gasteiger partial charge < -0.3 is 0 Å². The molecule has 0 aromatic heterocycles. The molecule has 4 saturated heterocycles. The molecule has 4 bridgehead atoms. The van der Waals surface area contributed by atoms with Crippen molar-refractivity contribution in [2.24, 2.45) is 0 Å². The van der Waals surface area contributed by atoms with E-state index in [0.29, 0.717) is 0 Å². The van der Waals surface area contributed by atoms with Crippen LogP contribution in [0.5, 0.6) is 0 Å². The van der Waals surface area contributed by atoms with Gasteiger partial charge in [-0.05, 0) is 0 Å². The summed E-state index contributed by atoms with van der Waals surface area (Å²) in [6.07, 6.45) is 0. The lowest BCUT2D eigenvalue weighted by molar-refractivity contribution is -1.18.